The first-order valence-corrected chi connectivity index (χ1v) is 20.6. The van der Waals surface area contributed by atoms with E-state index in [9.17, 15) is 19.2 Å². The molecule has 4 aliphatic heterocycles. The quantitative estimate of drug-likeness (QED) is 0.197. The number of nitrogens with one attached hydrogen (secondary N) is 2. The summed E-state index contributed by atoms with van der Waals surface area (Å²) in [5, 5.41) is 7.03. The molecule has 6 aliphatic rings. The first kappa shape index (κ1) is 36.9. The lowest BCUT2D eigenvalue weighted by molar-refractivity contribution is -0.141. The average molecular weight is 760 g/mol. The van der Waals surface area contributed by atoms with Crippen molar-refractivity contribution >= 4 is 46.7 Å². The van der Waals surface area contributed by atoms with Gasteiger partial charge in [0.1, 0.15) is 29.2 Å². The fourth-order valence-electron chi connectivity index (χ4n) is 8.49. The van der Waals surface area contributed by atoms with Crippen molar-refractivity contribution < 1.29 is 33.4 Å². The topological polar surface area (TPSA) is 139 Å². The highest BCUT2D eigenvalue weighted by atomic mass is 32.2. The number of benzene rings is 1. The zero-order valence-corrected chi connectivity index (χ0v) is 32.9. The summed E-state index contributed by atoms with van der Waals surface area (Å²) in [7, 11) is 1.65. The molecule has 1 aromatic heterocycles. The molecule has 2 N–H and O–H groups in total. The number of carbonyl (C=O) groups excluding carboxylic acids is 4. The van der Waals surface area contributed by atoms with Crippen molar-refractivity contribution in [1.82, 2.24) is 24.8 Å². The molecule has 12 nitrogen and oxygen atoms in total. The Morgan fingerprint density at radius 1 is 1.11 bits per heavy atom. The van der Waals surface area contributed by atoms with Gasteiger partial charge in [0.15, 0.2) is 0 Å². The number of carbonyl (C=O) groups is 4. The van der Waals surface area contributed by atoms with E-state index >= 15 is 0 Å². The lowest BCUT2D eigenvalue weighted by Gasteiger charge is -2.37. The molecular formula is C41H53N5O7S. The maximum Gasteiger partial charge on any atom is 0.408 e. The van der Waals surface area contributed by atoms with Gasteiger partial charge < -0.3 is 29.7 Å². The molecule has 2 aliphatic carbocycles. The van der Waals surface area contributed by atoms with Crippen LogP contribution in [-0.4, -0.2) is 85.9 Å². The van der Waals surface area contributed by atoms with Gasteiger partial charge in [-0.2, -0.15) is 0 Å². The van der Waals surface area contributed by atoms with Gasteiger partial charge in [-0.05, 0) is 109 Å². The number of ether oxygens (including phenoxy) is 3. The molecule has 0 radical (unpaired) electrons. The minimum atomic E-state index is -1.21. The van der Waals surface area contributed by atoms with Gasteiger partial charge in [0.2, 0.25) is 17.5 Å². The summed E-state index contributed by atoms with van der Waals surface area (Å²) in [6.07, 6.45) is 12.4. The number of hydrogen-bond acceptors (Lipinski definition) is 9. The summed E-state index contributed by atoms with van der Waals surface area (Å²) in [4.78, 5) is 63.1. The van der Waals surface area contributed by atoms with Crippen molar-refractivity contribution in [3.05, 3.63) is 41.6 Å². The van der Waals surface area contributed by atoms with Crippen LogP contribution in [-0.2, 0) is 25.5 Å². The van der Waals surface area contributed by atoms with Crippen LogP contribution in [0.25, 0.3) is 10.9 Å². The van der Waals surface area contributed by atoms with E-state index in [0.717, 1.165) is 78.6 Å². The van der Waals surface area contributed by atoms with E-state index in [4.69, 9.17) is 19.2 Å². The summed E-state index contributed by atoms with van der Waals surface area (Å²) < 4.78 is 19.8. The summed E-state index contributed by atoms with van der Waals surface area (Å²) in [6, 6.07) is 4.10. The van der Waals surface area contributed by atoms with E-state index in [1.165, 1.54) is 11.9 Å². The third kappa shape index (κ3) is 6.90. The molecule has 54 heavy (non-hydrogen) atoms. The van der Waals surface area contributed by atoms with Crippen LogP contribution in [0.3, 0.4) is 0 Å². The average Bonchev–Trinajstić information content (AvgIpc) is 4.11. The van der Waals surface area contributed by atoms with Gasteiger partial charge in [0.25, 0.3) is 5.91 Å². The largest absolute Gasteiger partial charge is 0.497 e. The standard InChI is InChI=1S/C41H53N5O7S/c1-24(2)52-38(50)43-31-12-10-8-6-7-9-11-25(3)41(37(49)46(41)54-39(4)19-20-39)44-35(47)32-22-40(23-45(32)36(31)48)18-17-28-29-21-27(51-5)15-16-30(29)42-33(26-13-14-26)34(28)53-40/h9,11,15-16,21,24-26,31-32H,6-8,10,12-14,17-20,22-23H2,1-5H3,(H,43,50)(H,44,47)/b11-9-/t25-,31-,32-,40+,41-,46?/m0/s1. The second-order valence-electron chi connectivity index (χ2n) is 16.8. The Kier molecular flexibility index (Phi) is 9.54. The maximum absolute atomic E-state index is 14.8. The molecule has 5 atom stereocenters. The normalized spacial score (nSPS) is 31.3. The molecule has 5 heterocycles. The molecular weight excluding hydrogens is 707 g/mol. The number of fused-ring (bicyclic) bond motifs is 4. The highest BCUT2D eigenvalue weighted by Crippen LogP contribution is 2.58. The van der Waals surface area contributed by atoms with Gasteiger partial charge in [0.05, 0.1) is 31.0 Å². The van der Waals surface area contributed by atoms with Crippen LogP contribution in [0.2, 0.25) is 0 Å². The lowest BCUT2D eigenvalue weighted by Crippen LogP contribution is -2.56. The maximum atomic E-state index is 14.8. The van der Waals surface area contributed by atoms with Crippen molar-refractivity contribution in [3.8, 4) is 11.5 Å². The van der Waals surface area contributed by atoms with Crippen LogP contribution in [0, 0.1) is 5.92 Å². The predicted octanol–water partition coefficient (Wildman–Crippen LogP) is 6.30. The number of rotatable bonds is 6. The molecule has 8 rings (SSSR count). The molecule has 1 aromatic carbocycles. The Bertz CT molecular complexity index is 1890. The molecule has 290 valence electrons. The van der Waals surface area contributed by atoms with Crippen molar-refractivity contribution in [2.75, 3.05) is 13.7 Å². The van der Waals surface area contributed by atoms with Gasteiger partial charge in [-0.1, -0.05) is 31.9 Å². The number of amides is 4. The minimum absolute atomic E-state index is 0.0297. The fourth-order valence-corrected chi connectivity index (χ4v) is 9.83. The number of alkyl carbamates (subject to hydrolysis) is 1. The van der Waals surface area contributed by atoms with Crippen LogP contribution in [0.1, 0.15) is 115 Å². The summed E-state index contributed by atoms with van der Waals surface area (Å²) in [5.74, 6) is 0.638. The molecule has 0 unspecified atom stereocenters. The van der Waals surface area contributed by atoms with Crippen molar-refractivity contribution in [1.29, 1.82) is 0 Å². The molecule has 0 bridgehead atoms. The van der Waals surface area contributed by atoms with E-state index in [-0.39, 0.29) is 41.5 Å². The van der Waals surface area contributed by atoms with Crippen LogP contribution >= 0.6 is 11.9 Å². The number of aryl methyl sites for hydroxylation is 1. The second kappa shape index (κ2) is 13.9. The van der Waals surface area contributed by atoms with Gasteiger partial charge in [0, 0.05) is 34.0 Å². The fraction of sp³-hybridized carbons (Fsp3) is 0.634. The number of nitrogens with zero attached hydrogens (tertiary/aromatic N) is 3. The third-order valence-corrected chi connectivity index (χ3v) is 13.6. The molecule has 2 saturated carbocycles. The highest BCUT2D eigenvalue weighted by molar-refractivity contribution is 7.99. The van der Waals surface area contributed by atoms with Gasteiger partial charge in [-0.25, -0.2) is 14.1 Å². The number of aromatic nitrogens is 1. The van der Waals surface area contributed by atoms with Gasteiger partial charge >= 0.3 is 6.09 Å². The Morgan fingerprint density at radius 3 is 2.63 bits per heavy atom. The van der Waals surface area contributed by atoms with E-state index < -0.39 is 35.3 Å². The van der Waals surface area contributed by atoms with Crippen LogP contribution < -0.4 is 20.1 Å². The highest BCUT2D eigenvalue weighted by Gasteiger charge is 2.70. The summed E-state index contributed by atoms with van der Waals surface area (Å²) in [6.45, 7) is 7.81. The first-order valence-electron chi connectivity index (χ1n) is 19.8. The first-order chi connectivity index (χ1) is 25.8. The third-order valence-electron chi connectivity index (χ3n) is 12.1. The number of hydrogen-bond donors (Lipinski definition) is 2. The van der Waals surface area contributed by atoms with Gasteiger partial charge in [-0.3, -0.25) is 14.4 Å². The van der Waals surface area contributed by atoms with Crippen molar-refractivity contribution in [3.63, 3.8) is 0 Å². The molecule has 2 aromatic rings. The minimum Gasteiger partial charge on any atom is -0.497 e. The number of allylic oxidation sites excluding steroid dienone is 1. The molecule has 4 amide bonds. The van der Waals surface area contributed by atoms with Crippen LogP contribution in [0.4, 0.5) is 4.79 Å². The van der Waals surface area contributed by atoms with Crippen LogP contribution in [0.5, 0.6) is 11.5 Å². The van der Waals surface area contributed by atoms with E-state index in [1.807, 2.05) is 31.2 Å². The number of pyridine rings is 1. The zero-order valence-electron chi connectivity index (χ0n) is 32.1. The van der Waals surface area contributed by atoms with E-state index in [0.29, 0.717) is 31.6 Å². The second-order valence-corrected chi connectivity index (χ2v) is 18.4. The van der Waals surface area contributed by atoms with Crippen LogP contribution in [0.15, 0.2) is 30.4 Å². The number of methoxy groups -OCH3 is 1. The summed E-state index contributed by atoms with van der Waals surface area (Å²) in [5.41, 5.74) is 0.819. The molecule has 4 fully saturated rings. The summed E-state index contributed by atoms with van der Waals surface area (Å²) >= 11 is 1.52. The molecule has 2 saturated heterocycles. The van der Waals surface area contributed by atoms with E-state index in [1.54, 1.807) is 30.2 Å². The Balaban J connectivity index is 1.16. The molecule has 2 spiro atoms. The Labute approximate surface area is 321 Å². The van der Waals surface area contributed by atoms with Crippen molar-refractivity contribution in [2.45, 2.75) is 145 Å². The predicted molar refractivity (Wildman–Crippen MR) is 205 cm³/mol. The monoisotopic (exact) mass is 759 g/mol. The zero-order chi connectivity index (χ0) is 38.0. The lowest BCUT2D eigenvalue weighted by atomic mass is 9.86. The molecule has 13 heteroatoms. The van der Waals surface area contributed by atoms with Gasteiger partial charge in [-0.15, -0.1) is 0 Å². The van der Waals surface area contributed by atoms with E-state index in [2.05, 4.69) is 23.6 Å². The van der Waals surface area contributed by atoms with Crippen molar-refractivity contribution in [2.24, 2.45) is 5.92 Å². The Morgan fingerprint density at radius 2 is 1.91 bits per heavy atom. The SMILES string of the molecule is COc1ccc2nc(C3CC3)c3c(c2c1)CC[C@]1(C[C@H]2C(=O)N[C@@]4(C(=O)N4SC4(C)CC4)[C@@H](C)/C=C\CCCCC[C@H](NC(=O)OC(C)C)C(=O)N2C1)O3. The smallest absolute Gasteiger partial charge is 0.408 e. The Hall–Kier alpha value is -4.00.